The molecular weight excluding hydrogens is 304 g/mol. The summed E-state index contributed by atoms with van der Waals surface area (Å²) in [4.78, 5) is 21.7. The Morgan fingerprint density at radius 2 is 2.32 bits per heavy atom. The third-order valence-electron chi connectivity index (χ3n) is 3.36. The summed E-state index contributed by atoms with van der Waals surface area (Å²) in [5.74, 6) is 0.435. The lowest BCUT2D eigenvalue weighted by atomic mass is 10.1. The highest BCUT2D eigenvalue weighted by Crippen LogP contribution is 2.19. The molecule has 7 heteroatoms. The van der Waals surface area contributed by atoms with Gasteiger partial charge in [0.15, 0.2) is 0 Å². The van der Waals surface area contributed by atoms with Gasteiger partial charge in [-0.25, -0.2) is 14.8 Å². The molecule has 6 nitrogen and oxygen atoms in total. The van der Waals surface area contributed by atoms with E-state index in [0.29, 0.717) is 12.5 Å². The van der Waals surface area contributed by atoms with Crippen molar-refractivity contribution in [3.63, 3.8) is 0 Å². The van der Waals surface area contributed by atoms with Crippen LogP contribution in [0.4, 0.5) is 4.79 Å². The van der Waals surface area contributed by atoms with Crippen molar-refractivity contribution in [3.05, 3.63) is 23.2 Å². The van der Waals surface area contributed by atoms with Crippen molar-refractivity contribution in [2.75, 3.05) is 19.6 Å². The Morgan fingerprint density at radius 3 is 3.00 bits per heavy atom. The van der Waals surface area contributed by atoms with Crippen molar-refractivity contribution in [1.82, 2.24) is 20.2 Å². The van der Waals surface area contributed by atoms with Crippen LogP contribution in [0.25, 0.3) is 0 Å². The van der Waals surface area contributed by atoms with Crippen LogP contribution in [-0.4, -0.2) is 46.2 Å². The third-order valence-corrected chi connectivity index (χ3v) is 3.54. The largest absolute Gasteiger partial charge is 0.444 e. The highest BCUT2D eigenvalue weighted by Gasteiger charge is 2.29. The molecule has 0 saturated carbocycles. The van der Waals surface area contributed by atoms with E-state index in [1.165, 1.54) is 0 Å². The minimum Gasteiger partial charge on any atom is -0.444 e. The molecule has 1 unspecified atom stereocenters. The Hall–Kier alpha value is -1.40. The lowest BCUT2D eigenvalue weighted by molar-refractivity contribution is 0.0288. The van der Waals surface area contributed by atoms with Crippen LogP contribution < -0.4 is 5.32 Å². The van der Waals surface area contributed by atoms with E-state index in [4.69, 9.17) is 16.3 Å². The molecule has 2 heterocycles. The molecule has 1 N–H and O–H groups in total. The summed E-state index contributed by atoms with van der Waals surface area (Å²) < 4.78 is 5.39. The number of amides is 1. The van der Waals surface area contributed by atoms with Gasteiger partial charge < -0.3 is 15.0 Å². The molecule has 0 bridgehead atoms. The lowest BCUT2D eigenvalue weighted by Crippen LogP contribution is -2.36. The summed E-state index contributed by atoms with van der Waals surface area (Å²) >= 11 is 5.75. The van der Waals surface area contributed by atoms with Crippen molar-refractivity contribution in [2.24, 2.45) is 5.92 Å². The number of carbonyl (C=O) groups is 1. The zero-order chi connectivity index (χ0) is 16.2. The maximum absolute atomic E-state index is 12.0. The Kier molecular flexibility index (Phi) is 5.58. The Morgan fingerprint density at radius 1 is 1.55 bits per heavy atom. The van der Waals surface area contributed by atoms with Crippen LogP contribution >= 0.6 is 11.6 Å². The molecule has 1 aliphatic rings. The van der Waals surface area contributed by atoms with Gasteiger partial charge in [-0.2, -0.15) is 0 Å². The van der Waals surface area contributed by atoms with Crippen LogP contribution in [-0.2, 0) is 11.3 Å². The summed E-state index contributed by atoms with van der Waals surface area (Å²) in [6.45, 7) is 8.60. The van der Waals surface area contributed by atoms with Crippen LogP contribution in [0.2, 0.25) is 5.28 Å². The summed E-state index contributed by atoms with van der Waals surface area (Å²) in [6.07, 6.45) is 2.40. The molecular formula is C15H23ClN4O2. The summed E-state index contributed by atoms with van der Waals surface area (Å²) in [7, 11) is 0. The molecule has 1 aromatic rings. The third kappa shape index (κ3) is 5.42. The van der Waals surface area contributed by atoms with E-state index in [-0.39, 0.29) is 11.4 Å². The van der Waals surface area contributed by atoms with Crippen LogP contribution in [0.1, 0.15) is 32.9 Å². The van der Waals surface area contributed by atoms with Gasteiger partial charge in [-0.05, 0) is 50.8 Å². The molecule has 0 spiro atoms. The molecule has 1 fully saturated rings. The minimum absolute atomic E-state index is 0.224. The van der Waals surface area contributed by atoms with E-state index in [0.717, 1.165) is 31.7 Å². The van der Waals surface area contributed by atoms with Crippen LogP contribution in [0.3, 0.4) is 0 Å². The van der Waals surface area contributed by atoms with Gasteiger partial charge in [0.25, 0.3) is 0 Å². The normalized spacial score (nSPS) is 18.5. The summed E-state index contributed by atoms with van der Waals surface area (Å²) in [6, 6.07) is 1.83. The van der Waals surface area contributed by atoms with E-state index in [2.05, 4.69) is 15.3 Å². The minimum atomic E-state index is -0.445. The predicted molar refractivity (Wildman–Crippen MR) is 84.7 cm³/mol. The SMILES string of the molecule is CC(C)(C)OC(=O)N1CCC(CNCc2ccnc(Cl)n2)C1. The number of hydrogen-bond acceptors (Lipinski definition) is 5. The molecule has 1 amide bonds. The van der Waals surface area contributed by atoms with E-state index < -0.39 is 5.60 Å². The monoisotopic (exact) mass is 326 g/mol. The standard InChI is InChI=1S/C15H23ClN4O2/c1-15(2,3)22-14(21)20-7-5-11(10-20)8-17-9-12-4-6-18-13(16)19-12/h4,6,11,17H,5,7-10H2,1-3H3. The second-order valence-corrected chi connectivity index (χ2v) is 6.87. The number of hydrogen-bond donors (Lipinski definition) is 1. The molecule has 122 valence electrons. The second-order valence-electron chi connectivity index (χ2n) is 6.53. The average molecular weight is 327 g/mol. The van der Waals surface area contributed by atoms with Gasteiger partial charge in [0.05, 0.1) is 5.69 Å². The van der Waals surface area contributed by atoms with Crippen LogP contribution in [0.15, 0.2) is 12.3 Å². The van der Waals surface area contributed by atoms with Gasteiger partial charge in [-0.1, -0.05) is 0 Å². The highest BCUT2D eigenvalue weighted by atomic mass is 35.5. The van der Waals surface area contributed by atoms with Gasteiger partial charge in [0.1, 0.15) is 5.60 Å². The Labute approximate surface area is 136 Å². The number of rotatable bonds is 4. The smallest absolute Gasteiger partial charge is 0.410 e. The fourth-order valence-corrected chi connectivity index (χ4v) is 2.53. The van der Waals surface area contributed by atoms with Gasteiger partial charge in [0, 0.05) is 32.4 Å². The molecule has 0 radical (unpaired) electrons. The van der Waals surface area contributed by atoms with Crippen molar-refractivity contribution >= 4 is 17.7 Å². The Balaban J connectivity index is 1.71. The first kappa shape index (κ1) is 17.0. The first-order valence-corrected chi connectivity index (χ1v) is 7.87. The fourth-order valence-electron chi connectivity index (χ4n) is 2.36. The summed E-state index contributed by atoms with van der Waals surface area (Å²) in [5.41, 5.74) is 0.418. The number of nitrogens with one attached hydrogen (secondary N) is 1. The number of halogens is 1. The molecule has 2 rings (SSSR count). The van der Waals surface area contributed by atoms with E-state index in [9.17, 15) is 4.79 Å². The molecule has 0 aromatic carbocycles. The number of likely N-dealkylation sites (tertiary alicyclic amines) is 1. The molecule has 1 aromatic heterocycles. The Bertz CT molecular complexity index is 519. The zero-order valence-corrected chi connectivity index (χ0v) is 14.1. The zero-order valence-electron chi connectivity index (χ0n) is 13.3. The number of carbonyl (C=O) groups excluding carboxylic acids is 1. The second kappa shape index (κ2) is 7.24. The molecule has 1 aliphatic heterocycles. The first-order valence-electron chi connectivity index (χ1n) is 7.49. The molecule has 22 heavy (non-hydrogen) atoms. The van der Waals surface area contributed by atoms with Crippen molar-refractivity contribution in [3.8, 4) is 0 Å². The number of nitrogens with zero attached hydrogens (tertiary/aromatic N) is 3. The fraction of sp³-hybridized carbons (Fsp3) is 0.667. The van der Waals surface area contributed by atoms with Gasteiger partial charge in [-0.3, -0.25) is 0 Å². The highest BCUT2D eigenvalue weighted by molar-refractivity contribution is 6.28. The predicted octanol–water partition coefficient (Wildman–Crippen LogP) is 2.48. The average Bonchev–Trinajstić information content (AvgIpc) is 2.86. The van der Waals surface area contributed by atoms with Crippen LogP contribution in [0.5, 0.6) is 0 Å². The van der Waals surface area contributed by atoms with Gasteiger partial charge >= 0.3 is 6.09 Å². The van der Waals surface area contributed by atoms with E-state index in [1.54, 1.807) is 11.1 Å². The van der Waals surface area contributed by atoms with Gasteiger partial charge in [-0.15, -0.1) is 0 Å². The number of ether oxygens (including phenoxy) is 1. The number of aromatic nitrogens is 2. The maximum Gasteiger partial charge on any atom is 0.410 e. The quantitative estimate of drug-likeness (QED) is 0.861. The lowest BCUT2D eigenvalue weighted by Gasteiger charge is -2.24. The first-order chi connectivity index (χ1) is 10.3. The van der Waals surface area contributed by atoms with E-state index in [1.807, 2.05) is 26.8 Å². The summed E-state index contributed by atoms with van der Waals surface area (Å²) in [5, 5.41) is 3.61. The maximum atomic E-state index is 12.0. The molecule has 0 aliphatic carbocycles. The molecule has 1 atom stereocenters. The van der Waals surface area contributed by atoms with Gasteiger partial charge in [0.2, 0.25) is 5.28 Å². The van der Waals surface area contributed by atoms with Crippen molar-refractivity contribution < 1.29 is 9.53 Å². The molecule has 1 saturated heterocycles. The topological polar surface area (TPSA) is 67.3 Å². The van der Waals surface area contributed by atoms with Crippen LogP contribution in [0, 0.1) is 5.92 Å². The van der Waals surface area contributed by atoms with Crippen molar-refractivity contribution in [2.45, 2.75) is 39.3 Å². The van der Waals surface area contributed by atoms with Crippen molar-refractivity contribution in [1.29, 1.82) is 0 Å². The van der Waals surface area contributed by atoms with E-state index >= 15 is 0 Å².